The molecule has 0 amide bonds. The molecule has 1 saturated heterocycles. The molecule has 0 aromatic heterocycles. The summed E-state index contributed by atoms with van der Waals surface area (Å²) in [7, 11) is 2.19. The summed E-state index contributed by atoms with van der Waals surface area (Å²) < 4.78 is 6.05. The summed E-state index contributed by atoms with van der Waals surface area (Å²) in [6.07, 6.45) is 6.32. The molecule has 0 radical (unpaired) electrons. The lowest BCUT2D eigenvalue weighted by atomic mass is 10.1. The van der Waals surface area contributed by atoms with Crippen LogP contribution in [0.2, 0.25) is 10.0 Å². The van der Waals surface area contributed by atoms with E-state index in [-0.39, 0.29) is 0 Å². The summed E-state index contributed by atoms with van der Waals surface area (Å²) >= 11 is 12.1. The van der Waals surface area contributed by atoms with Crippen LogP contribution in [0.4, 0.5) is 0 Å². The van der Waals surface area contributed by atoms with Gasteiger partial charge in [-0.25, -0.2) is 0 Å². The van der Waals surface area contributed by atoms with E-state index >= 15 is 0 Å². The Labute approximate surface area is 178 Å². The Bertz CT molecular complexity index is 786. The minimum atomic E-state index is 0.564. The normalized spacial score (nSPS) is 16.0. The summed E-state index contributed by atoms with van der Waals surface area (Å²) in [6, 6.07) is 13.7. The molecular formula is C23H28Cl2N2O. The van der Waals surface area contributed by atoms with Gasteiger partial charge in [0, 0.05) is 31.7 Å². The van der Waals surface area contributed by atoms with Crippen molar-refractivity contribution in [3.8, 4) is 5.75 Å². The van der Waals surface area contributed by atoms with Gasteiger partial charge in [0.2, 0.25) is 0 Å². The average molecular weight is 419 g/mol. The predicted molar refractivity (Wildman–Crippen MR) is 120 cm³/mol. The minimum Gasteiger partial charge on any atom is -0.493 e. The van der Waals surface area contributed by atoms with Gasteiger partial charge in [-0.1, -0.05) is 59.6 Å². The number of rotatable bonds is 8. The molecule has 0 atom stereocenters. The van der Waals surface area contributed by atoms with Gasteiger partial charge < -0.3 is 14.5 Å². The van der Waals surface area contributed by atoms with Crippen LogP contribution >= 0.6 is 23.2 Å². The first kappa shape index (κ1) is 21.2. The Kier molecular flexibility index (Phi) is 8.23. The van der Waals surface area contributed by atoms with Crippen LogP contribution in [-0.4, -0.2) is 56.2 Å². The Hall–Kier alpha value is -1.52. The van der Waals surface area contributed by atoms with Gasteiger partial charge in [0.15, 0.2) is 0 Å². The number of para-hydroxylation sites is 1. The molecule has 0 N–H and O–H groups in total. The predicted octanol–water partition coefficient (Wildman–Crippen LogP) is 5.57. The first-order valence-corrected chi connectivity index (χ1v) is 10.6. The third kappa shape index (κ3) is 6.52. The Morgan fingerprint density at radius 3 is 2.50 bits per heavy atom. The largest absolute Gasteiger partial charge is 0.493 e. The second-order valence-corrected chi connectivity index (χ2v) is 8.06. The molecule has 1 fully saturated rings. The molecule has 0 unspecified atom stereocenters. The molecule has 150 valence electrons. The van der Waals surface area contributed by atoms with Gasteiger partial charge in [-0.05, 0) is 50.2 Å². The first-order valence-electron chi connectivity index (χ1n) is 9.88. The third-order valence-corrected chi connectivity index (χ3v) is 5.78. The average Bonchev–Trinajstić information content (AvgIpc) is 2.71. The Morgan fingerprint density at radius 2 is 1.71 bits per heavy atom. The van der Waals surface area contributed by atoms with Crippen LogP contribution < -0.4 is 4.74 Å². The molecular weight excluding hydrogens is 391 g/mol. The fourth-order valence-corrected chi connectivity index (χ4v) is 3.55. The van der Waals surface area contributed by atoms with Crippen LogP contribution in [0.5, 0.6) is 5.75 Å². The molecule has 1 heterocycles. The molecule has 1 aliphatic heterocycles. The van der Waals surface area contributed by atoms with Crippen molar-refractivity contribution in [2.45, 2.75) is 12.8 Å². The number of piperazine rings is 1. The lowest BCUT2D eigenvalue weighted by Crippen LogP contribution is -2.44. The number of benzene rings is 2. The second kappa shape index (κ2) is 10.9. The topological polar surface area (TPSA) is 15.7 Å². The zero-order valence-corrected chi connectivity index (χ0v) is 17.9. The SMILES string of the molecule is CN1CCN(CCCCOc2ccccc2/C=C/c2ccc(Cl)c(Cl)c2)CC1. The van der Waals surface area contributed by atoms with E-state index in [4.69, 9.17) is 27.9 Å². The summed E-state index contributed by atoms with van der Waals surface area (Å²) in [5.74, 6) is 0.915. The summed E-state index contributed by atoms with van der Waals surface area (Å²) in [4.78, 5) is 4.94. The van der Waals surface area contributed by atoms with Crippen molar-refractivity contribution in [1.82, 2.24) is 9.80 Å². The number of ether oxygens (including phenoxy) is 1. The summed E-state index contributed by atoms with van der Waals surface area (Å²) in [5.41, 5.74) is 2.07. The van der Waals surface area contributed by atoms with Gasteiger partial charge in [0.25, 0.3) is 0 Å². The van der Waals surface area contributed by atoms with Crippen molar-refractivity contribution in [3.63, 3.8) is 0 Å². The van der Waals surface area contributed by atoms with Crippen LogP contribution in [0.3, 0.4) is 0 Å². The van der Waals surface area contributed by atoms with Crippen molar-refractivity contribution in [1.29, 1.82) is 0 Å². The maximum absolute atomic E-state index is 6.09. The van der Waals surface area contributed by atoms with Gasteiger partial charge in [-0.2, -0.15) is 0 Å². The fraction of sp³-hybridized carbons (Fsp3) is 0.391. The maximum Gasteiger partial charge on any atom is 0.126 e. The zero-order chi connectivity index (χ0) is 19.8. The zero-order valence-electron chi connectivity index (χ0n) is 16.4. The van der Waals surface area contributed by atoms with Crippen LogP contribution in [0.1, 0.15) is 24.0 Å². The smallest absolute Gasteiger partial charge is 0.126 e. The number of hydrogen-bond acceptors (Lipinski definition) is 3. The Morgan fingerprint density at radius 1 is 0.929 bits per heavy atom. The van der Waals surface area contributed by atoms with Crippen LogP contribution in [0.25, 0.3) is 12.2 Å². The number of likely N-dealkylation sites (N-methyl/N-ethyl adjacent to an activating group) is 1. The monoisotopic (exact) mass is 418 g/mol. The summed E-state index contributed by atoms with van der Waals surface area (Å²) in [5, 5.41) is 1.13. The van der Waals surface area contributed by atoms with E-state index in [0.29, 0.717) is 10.0 Å². The van der Waals surface area contributed by atoms with Gasteiger partial charge in [-0.3, -0.25) is 0 Å². The van der Waals surface area contributed by atoms with Crippen molar-refractivity contribution in [3.05, 3.63) is 63.6 Å². The lowest BCUT2D eigenvalue weighted by molar-refractivity contribution is 0.150. The molecule has 3 nitrogen and oxygen atoms in total. The molecule has 0 bridgehead atoms. The second-order valence-electron chi connectivity index (χ2n) is 7.25. The number of nitrogens with zero attached hydrogens (tertiary/aromatic N) is 2. The third-order valence-electron chi connectivity index (χ3n) is 5.04. The fourth-order valence-electron chi connectivity index (χ4n) is 3.24. The van der Waals surface area contributed by atoms with E-state index in [0.717, 1.165) is 36.4 Å². The van der Waals surface area contributed by atoms with Crippen LogP contribution in [-0.2, 0) is 0 Å². The molecule has 0 spiro atoms. The van der Waals surface area contributed by atoms with Crippen LogP contribution in [0, 0.1) is 0 Å². The standard InChI is InChI=1S/C23H28Cl2N2O/c1-26-13-15-27(16-14-26)12-4-5-17-28-23-7-3-2-6-20(23)10-8-19-9-11-21(24)22(25)18-19/h2-3,6-11,18H,4-5,12-17H2,1H3/b10-8+. The Balaban J connectivity index is 1.47. The van der Waals surface area contributed by atoms with Crippen molar-refractivity contribution in [2.75, 3.05) is 46.4 Å². The van der Waals surface area contributed by atoms with Gasteiger partial charge in [0.05, 0.1) is 16.7 Å². The summed E-state index contributed by atoms with van der Waals surface area (Å²) in [6.45, 7) is 6.62. The number of unbranched alkanes of at least 4 members (excludes halogenated alkanes) is 1. The van der Waals surface area contributed by atoms with E-state index in [9.17, 15) is 0 Å². The van der Waals surface area contributed by atoms with Crippen molar-refractivity contribution >= 4 is 35.4 Å². The molecule has 2 aromatic carbocycles. The van der Waals surface area contributed by atoms with Gasteiger partial charge in [0.1, 0.15) is 5.75 Å². The minimum absolute atomic E-state index is 0.564. The number of hydrogen-bond donors (Lipinski definition) is 0. The van der Waals surface area contributed by atoms with Crippen molar-refractivity contribution < 1.29 is 4.74 Å². The highest BCUT2D eigenvalue weighted by Crippen LogP contribution is 2.25. The first-order chi connectivity index (χ1) is 13.6. The van der Waals surface area contributed by atoms with Crippen molar-refractivity contribution in [2.24, 2.45) is 0 Å². The molecule has 0 saturated carbocycles. The highest BCUT2D eigenvalue weighted by Gasteiger charge is 2.12. The molecule has 28 heavy (non-hydrogen) atoms. The maximum atomic E-state index is 6.09. The van der Waals surface area contributed by atoms with E-state index in [1.807, 2.05) is 42.5 Å². The quantitative estimate of drug-likeness (QED) is 0.411. The van der Waals surface area contributed by atoms with E-state index in [1.54, 1.807) is 0 Å². The van der Waals surface area contributed by atoms with E-state index in [2.05, 4.69) is 29.0 Å². The van der Waals surface area contributed by atoms with E-state index in [1.165, 1.54) is 32.6 Å². The van der Waals surface area contributed by atoms with Crippen LogP contribution in [0.15, 0.2) is 42.5 Å². The lowest BCUT2D eigenvalue weighted by Gasteiger charge is -2.32. The van der Waals surface area contributed by atoms with Gasteiger partial charge in [-0.15, -0.1) is 0 Å². The van der Waals surface area contributed by atoms with E-state index < -0.39 is 0 Å². The molecule has 3 rings (SSSR count). The molecule has 1 aliphatic rings. The molecule has 2 aromatic rings. The highest BCUT2D eigenvalue weighted by atomic mass is 35.5. The number of halogens is 2. The van der Waals surface area contributed by atoms with Gasteiger partial charge >= 0.3 is 0 Å². The molecule has 5 heteroatoms. The highest BCUT2D eigenvalue weighted by molar-refractivity contribution is 6.42. The molecule has 0 aliphatic carbocycles.